The highest BCUT2D eigenvalue weighted by molar-refractivity contribution is 5.96. The number of aliphatic hydroxyl groups is 1. The lowest BCUT2D eigenvalue weighted by Crippen LogP contribution is -1.86. The Labute approximate surface area is 139 Å². The third-order valence-electron chi connectivity index (χ3n) is 3.93. The molecular weight excluding hydrogens is 302 g/mol. The van der Waals surface area contributed by atoms with E-state index in [1.807, 2.05) is 68.0 Å². The van der Waals surface area contributed by atoms with Crippen molar-refractivity contribution in [1.29, 1.82) is 0 Å². The zero-order valence-electron chi connectivity index (χ0n) is 13.2. The molecule has 5 heteroatoms. The number of hydrogen-bond donors (Lipinski definition) is 2. The Kier molecular flexibility index (Phi) is 3.55. The molecule has 0 amide bonds. The topological polar surface area (TPSA) is 63.1 Å². The summed E-state index contributed by atoms with van der Waals surface area (Å²) in [6.07, 6.45) is 3.79. The van der Waals surface area contributed by atoms with E-state index in [-0.39, 0.29) is 6.61 Å². The highest BCUT2D eigenvalue weighted by atomic mass is 16.5. The van der Waals surface area contributed by atoms with Gasteiger partial charge in [0.25, 0.3) is 0 Å². The van der Waals surface area contributed by atoms with Crippen LogP contribution in [0.3, 0.4) is 0 Å². The maximum absolute atomic E-state index is 9.43. The van der Waals surface area contributed by atoms with Crippen LogP contribution in [0.4, 0.5) is 0 Å². The number of rotatable bonds is 4. The van der Waals surface area contributed by atoms with Crippen LogP contribution >= 0.6 is 0 Å². The molecule has 0 aliphatic rings. The standard InChI is InChI=1S/C19H17N3O2/c1-22-11-13(10-20-22)17-8-16(24-15-5-3-2-4-6-15)9-19-18(17)7-14(12-23)21-19/h2-11,21,23H,12H2,1H3. The lowest BCUT2D eigenvalue weighted by Gasteiger charge is -2.08. The van der Waals surface area contributed by atoms with Gasteiger partial charge >= 0.3 is 0 Å². The highest BCUT2D eigenvalue weighted by Gasteiger charge is 2.12. The fourth-order valence-electron chi connectivity index (χ4n) is 2.84. The Hall–Kier alpha value is -3.05. The zero-order valence-corrected chi connectivity index (χ0v) is 13.2. The molecular formula is C19H17N3O2. The largest absolute Gasteiger partial charge is 0.457 e. The minimum atomic E-state index is -0.0317. The maximum Gasteiger partial charge on any atom is 0.130 e. The number of fused-ring (bicyclic) bond motifs is 1. The molecule has 5 nitrogen and oxygen atoms in total. The molecule has 0 spiro atoms. The van der Waals surface area contributed by atoms with Gasteiger partial charge < -0.3 is 14.8 Å². The van der Waals surface area contributed by atoms with E-state index in [1.165, 1.54) is 0 Å². The summed E-state index contributed by atoms with van der Waals surface area (Å²) in [5, 5.41) is 14.7. The van der Waals surface area contributed by atoms with Crippen molar-refractivity contribution in [2.75, 3.05) is 0 Å². The van der Waals surface area contributed by atoms with Crippen LogP contribution in [0.1, 0.15) is 5.69 Å². The van der Waals surface area contributed by atoms with E-state index in [1.54, 1.807) is 4.68 Å². The summed E-state index contributed by atoms with van der Waals surface area (Å²) in [4.78, 5) is 3.23. The van der Waals surface area contributed by atoms with Crippen LogP contribution in [0, 0.1) is 0 Å². The Morgan fingerprint density at radius 3 is 2.67 bits per heavy atom. The lowest BCUT2D eigenvalue weighted by atomic mass is 10.0. The smallest absolute Gasteiger partial charge is 0.130 e. The molecule has 2 aromatic carbocycles. The predicted octanol–water partition coefficient (Wildman–Crippen LogP) is 3.85. The van der Waals surface area contributed by atoms with Gasteiger partial charge in [-0.25, -0.2) is 0 Å². The van der Waals surface area contributed by atoms with Gasteiger partial charge in [-0.1, -0.05) is 18.2 Å². The number of aliphatic hydroxyl groups excluding tert-OH is 1. The SMILES string of the molecule is Cn1cc(-c2cc(Oc3ccccc3)cc3[nH]c(CO)cc23)cn1. The summed E-state index contributed by atoms with van der Waals surface area (Å²) in [5.74, 6) is 1.52. The van der Waals surface area contributed by atoms with Gasteiger partial charge in [-0.3, -0.25) is 4.68 Å². The van der Waals surface area contributed by atoms with E-state index in [9.17, 15) is 5.11 Å². The molecule has 0 unspecified atom stereocenters. The number of H-pyrrole nitrogens is 1. The van der Waals surface area contributed by atoms with Crippen LogP contribution in [0.15, 0.2) is 60.9 Å². The van der Waals surface area contributed by atoms with Gasteiger partial charge in [0, 0.05) is 41.5 Å². The summed E-state index contributed by atoms with van der Waals surface area (Å²) in [5.41, 5.74) is 3.71. The van der Waals surface area contributed by atoms with Crippen molar-refractivity contribution in [3.05, 3.63) is 66.6 Å². The van der Waals surface area contributed by atoms with Crippen LogP contribution in [0.5, 0.6) is 11.5 Å². The fraction of sp³-hybridized carbons (Fsp3) is 0.105. The third-order valence-corrected chi connectivity index (χ3v) is 3.93. The van der Waals surface area contributed by atoms with Gasteiger partial charge in [-0.15, -0.1) is 0 Å². The van der Waals surface area contributed by atoms with Gasteiger partial charge in [0.05, 0.1) is 12.8 Å². The fourth-order valence-corrected chi connectivity index (χ4v) is 2.84. The van der Waals surface area contributed by atoms with Crippen molar-refractivity contribution >= 4 is 10.9 Å². The number of nitrogens with zero attached hydrogens (tertiary/aromatic N) is 2. The van der Waals surface area contributed by atoms with Crippen molar-refractivity contribution in [1.82, 2.24) is 14.8 Å². The number of benzene rings is 2. The van der Waals surface area contributed by atoms with Crippen LogP contribution < -0.4 is 4.74 Å². The molecule has 2 aromatic heterocycles. The monoisotopic (exact) mass is 319 g/mol. The Balaban J connectivity index is 1.86. The number of aryl methyl sites for hydroxylation is 1. The minimum Gasteiger partial charge on any atom is -0.457 e. The molecule has 4 aromatic rings. The molecule has 4 rings (SSSR count). The molecule has 120 valence electrons. The molecule has 0 aliphatic carbocycles. The first-order valence-electron chi connectivity index (χ1n) is 7.71. The second-order valence-electron chi connectivity index (χ2n) is 5.70. The Morgan fingerprint density at radius 2 is 1.96 bits per heavy atom. The van der Waals surface area contributed by atoms with Crippen LogP contribution in [0.25, 0.3) is 22.0 Å². The number of nitrogens with one attached hydrogen (secondary N) is 1. The summed E-state index contributed by atoms with van der Waals surface area (Å²) in [6, 6.07) is 15.6. The first kappa shape index (κ1) is 14.5. The van der Waals surface area contributed by atoms with Crippen LogP contribution in [-0.4, -0.2) is 19.9 Å². The molecule has 24 heavy (non-hydrogen) atoms. The van der Waals surface area contributed by atoms with E-state index in [4.69, 9.17) is 4.74 Å². The predicted molar refractivity (Wildman–Crippen MR) is 92.9 cm³/mol. The number of ether oxygens (including phenoxy) is 1. The minimum absolute atomic E-state index is 0.0317. The molecule has 0 aliphatic heterocycles. The molecule has 0 atom stereocenters. The van der Waals surface area contributed by atoms with Crippen molar-refractivity contribution in [3.8, 4) is 22.6 Å². The van der Waals surface area contributed by atoms with Gasteiger partial charge in [-0.2, -0.15) is 5.10 Å². The molecule has 0 saturated carbocycles. The Morgan fingerprint density at radius 1 is 1.12 bits per heavy atom. The van der Waals surface area contributed by atoms with E-state index >= 15 is 0 Å². The number of aromatic amines is 1. The van der Waals surface area contributed by atoms with Crippen molar-refractivity contribution in [2.24, 2.45) is 7.05 Å². The first-order valence-corrected chi connectivity index (χ1v) is 7.71. The quantitative estimate of drug-likeness (QED) is 0.600. The molecule has 0 radical (unpaired) electrons. The van der Waals surface area contributed by atoms with E-state index < -0.39 is 0 Å². The summed E-state index contributed by atoms with van der Waals surface area (Å²) >= 11 is 0. The van der Waals surface area contributed by atoms with Gasteiger partial charge in [0.1, 0.15) is 11.5 Å². The zero-order chi connectivity index (χ0) is 16.5. The highest BCUT2D eigenvalue weighted by Crippen LogP contribution is 2.35. The summed E-state index contributed by atoms with van der Waals surface area (Å²) < 4.78 is 7.76. The van der Waals surface area contributed by atoms with Gasteiger partial charge in [0.2, 0.25) is 0 Å². The van der Waals surface area contributed by atoms with Crippen molar-refractivity contribution in [2.45, 2.75) is 6.61 Å². The average Bonchev–Trinajstić information content (AvgIpc) is 3.21. The molecule has 2 N–H and O–H groups in total. The van der Waals surface area contributed by atoms with Crippen LogP contribution in [0.2, 0.25) is 0 Å². The second kappa shape index (κ2) is 5.86. The summed E-state index contributed by atoms with van der Waals surface area (Å²) in [7, 11) is 1.89. The Bertz CT molecular complexity index is 986. The molecule has 0 saturated heterocycles. The average molecular weight is 319 g/mol. The van der Waals surface area contributed by atoms with Crippen molar-refractivity contribution < 1.29 is 9.84 Å². The van der Waals surface area contributed by atoms with Gasteiger partial charge in [-0.05, 0) is 29.8 Å². The van der Waals surface area contributed by atoms with E-state index in [0.29, 0.717) is 0 Å². The normalized spacial score (nSPS) is 11.1. The molecule has 0 fully saturated rings. The van der Waals surface area contributed by atoms with Crippen LogP contribution in [-0.2, 0) is 13.7 Å². The maximum atomic E-state index is 9.43. The summed E-state index contributed by atoms with van der Waals surface area (Å²) in [6.45, 7) is -0.0317. The number of para-hydroxylation sites is 1. The lowest BCUT2D eigenvalue weighted by molar-refractivity contribution is 0.278. The van der Waals surface area contributed by atoms with E-state index in [2.05, 4.69) is 10.1 Å². The van der Waals surface area contributed by atoms with E-state index in [0.717, 1.165) is 39.2 Å². The molecule has 0 bridgehead atoms. The third kappa shape index (κ3) is 2.66. The second-order valence-corrected chi connectivity index (χ2v) is 5.70. The number of hydrogen-bond acceptors (Lipinski definition) is 3. The first-order chi connectivity index (χ1) is 11.7. The number of aromatic nitrogens is 3. The van der Waals surface area contributed by atoms with Crippen molar-refractivity contribution in [3.63, 3.8) is 0 Å². The van der Waals surface area contributed by atoms with Gasteiger partial charge in [0.15, 0.2) is 0 Å². The molecule has 2 heterocycles.